The van der Waals surface area contributed by atoms with E-state index in [0.717, 1.165) is 4.47 Å². The van der Waals surface area contributed by atoms with E-state index in [4.69, 9.17) is 11.6 Å². The number of primary amides is 1. The molecule has 0 aliphatic heterocycles. The first-order valence-electron chi connectivity index (χ1n) is 3.77. The number of halogens is 2. The Kier molecular flexibility index (Phi) is 3.83. The second kappa shape index (κ2) is 4.73. The van der Waals surface area contributed by atoms with Crippen molar-refractivity contribution in [3.63, 3.8) is 0 Å². The first-order chi connectivity index (χ1) is 6.93. The van der Waals surface area contributed by atoms with E-state index in [1.54, 1.807) is 18.2 Å². The van der Waals surface area contributed by atoms with Gasteiger partial charge in [0.05, 0.1) is 5.69 Å². The minimum atomic E-state index is -1.10. The number of rotatable bonds is 1. The number of nitrogens with two attached hydrogens (primary N) is 2. The van der Waals surface area contributed by atoms with Gasteiger partial charge in [-0.25, -0.2) is 10.9 Å². The van der Waals surface area contributed by atoms with Crippen molar-refractivity contribution in [1.29, 1.82) is 0 Å². The van der Waals surface area contributed by atoms with Gasteiger partial charge in [-0.15, -0.1) is 0 Å². The van der Waals surface area contributed by atoms with Crippen LogP contribution in [0.25, 0.3) is 0 Å². The Morgan fingerprint density at radius 2 is 1.87 bits per heavy atom. The number of benzene rings is 1. The van der Waals surface area contributed by atoms with Crippen LogP contribution in [0.15, 0.2) is 27.1 Å². The number of hydrogen-bond donors (Lipinski definition) is 2. The van der Waals surface area contributed by atoms with Crippen molar-refractivity contribution in [1.82, 2.24) is 0 Å². The zero-order valence-corrected chi connectivity index (χ0v) is 10.6. The fourth-order valence-electron chi connectivity index (χ4n) is 0.905. The molecule has 1 aromatic carbocycles. The highest BCUT2D eigenvalue weighted by Crippen LogP contribution is 2.27. The topological polar surface area (TPSA) is 89.4 Å². The largest absolute Gasteiger partial charge is 0.361 e. The van der Waals surface area contributed by atoms with Gasteiger partial charge in [0.1, 0.15) is 0 Å². The third kappa shape index (κ3) is 2.77. The molecule has 1 aromatic rings. The third-order valence-corrected chi connectivity index (χ3v) is 2.73. The predicted molar refractivity (Wildman–Crippen MR) is 62.7 cm³/mol. The molecule has 1 rings (SSSR count). The monoisotopic (exact) mass is 335 g/mol. The van der Waals surface area contributed by atoms with E-state index in [9.17, 15) is 9.59 Å². The molecule has 0 radical (unpaired) electrons. The molecule has 0 aromatic heterocycles. The molecule has 0 bridgehead atoms. The highest BCUT2D eigenvalue weighted by atomic mass is 79.9. The van der Waals surface area contributed by atoms with Crippen LogP contribution in [0.3, 0.4) is 0 Å². The minimum Gasteiger partial charge on any atom is -0.361 e. The summed E-state index contributed by atoms with van der Waals surface area (Å²) in [6.07, 6.45) is 0. The van der Waals surface area contributed by atoms with E-state index in [1.165, 1.54) is 0 Å². The zero-order chi connectivity index (χ0) is 11.6. The van der Waals surface area contributed by atoms with Gasteiger partial charge in [-0.05, 0) is 34.1 Å². The number of nitrogens with zero attached hydrogens (tertiary/aromatic N) is 1. The summed E-state index contributed by atoms with van der Waals surface area (Å²) in [5.74, 6) is 3.35. The lowest BCUT2D eigenvalue weighted by molar-refractivity contribution is -0.135. The van der Waals surface area contributed by atoms with Gasteiger partial charge in [-0.2, -0.15) is 0 Å². The molecule has 0 aliphatic rings. The smallest absolute Gasteiger partial charge is 0.330 e. The van der Waals surface area contributed by atoms with E-state index in [2.05, 4.69) is 31.9 Å². The van der Waals surface area contributed by atoms with Gasteiger partial charge < -0.3 is 5.73 Å². The normalized spacial score (nSPS) is 9.80. The van der Waals surface area contributed by atoms with Gasteiger partial charge in [0.25, 0.3) is 0 Å². The van der Waals surface area contributed by atoms with Crippen molar-refractivity contribution in [2.24, 2.45) is 11.6 Å². The van der Waals surface area contributed by atoms with Crippen LogP contribution in [0.1, 0.15) is 0 Å². The Bertz CT molecular complexity index is 422. The van der Waals surface area contributed by atoms with E-state index in [-0.39, 0.29) is 0 Å². The minimum absolute atomic E-state index is 0.363. The lowest BCUT2D eigenvalue weighted by Crippen LogP contribution is -2.45. The fourth-order valence-corrected chi connectivity index (χ4v) is 2.14. The average Bonchev–Trinajstić information content (AvgIpc) is 2.15. The second-order valence-electron chi connectivity index (χ2n) is 2.64. The molecule has 0 heterocycles. The standard InChI is InChI=1S/C8H7Br2N3O2/c9-4-1-2-6(5(10)3-4)13(12)8(15)7(11)14/h1-3H,12H2,(H2,11,14). The van der Waals surface area contributed by atoms with E-state index in [0.29, 0.717) is 15.2 Å². The van der Waals surface area contributed by atoms with Crippen molar-refractivity contribution in [3.05, 3.63) is 27.1 Å². The molecule has 0 aliphatic carbocycles. The van der Waals surface area contributed by atoms with Crippen LogP contribution >= 0.6 is 31.9 Å². The molecule has 15 heavy (non-hydrogen) atoms. The van der Waals surface area contributed by atoms with Crippen molar-refractivity contribution >= 4 is 49.4 Å². The molecular weight excluding hydrogens is 330 g/mol. The maximum absolute atomic E-state index is 11.2. The summed E-state index contributed by atoms with van der Waals surface area (Å²) < 4.78 is 1.40. The number of carbonyl (C=O) groups is 2. The first kappa shape index (κ1) is 12.2. The molecule has 0 saturated carbocycles. The fraction of sp³-hybridized carbons (Fsp3) is 0. The number of hydrogen-bond acceptors (Lipinski definition) is 3. The summed E-state index contributed by atoms with van der Waals surface area (Å²) in [7, 11) is 0. The van der Waals surface area contributed by atoms with E-state index in [1.807, 2.05) is 0 Å². The molecule has 0 fully saturated rings. The van der Waals surface area contributed by atoms with Crippen LogP contribution < -0.4 is 16.6 Å². The maximum atomic E-state index is 11.2. The SMILES string of the molecule is NC(=O)C(=O)N(N)c1ccc(Br)cc1Br. The van der Waals surface area contributed by atoms with Crippen molar-refractivity contribution in [2.45, 2.75) is 0 Å². The number of amides is 2. The predicted octanol–water partition coefficient (Wildman–Crippen LogP) is 0.904. The average molecular weight is 337 g/mol. The van der Waals surface area contributed by atoms with Crippen LogP contribution in [0.2, 0.25) is 0 Å². The molecule has 5 nitrogen and oxygen atoms in total. The summed E-state index contributed by atoms with van der Waals surface area (Å²) in [6.45, 7) is 0. The highest BCUT2D eigenvalue weighted by molar-refractivity contribution is 9.11. The summed E-state index contributed by atoms with van der Waals surface area (Å²) in [5, 5.41) is 0.693. The number of anilines is 1. The van der Waals surface area contributed by atoms with Crippen LogP contribution in [0, 0.1) is 0 Å². The van der Waals surface area contributed by atoms with Crippen LogP contribution in [0.4, 0.5) is 5.69 Å². The Hall–Kier alpha value is -0.920. The maximum Gasteiger partial charge on any atom is 0.330 e. The Morgan fingerprint density at radius 3 is 2.33 bits per heavy atom. The molecule has 7 heteroatoms. The Labute approximate surface area is 103 Å². The molecule has 0 atom stereocenters. The summed E-state index contributed by atoms with van der Waals surface area (Å²) in [6, 6.07) is 4.96. The summed E-state index contributed by atoms with van der Waals surface area (Å²) in [5.41, 5.74) is 5.18. The molecule has 0 saturated heterocycles. The van der Waals surface area contributed by atoms with E-state index < -0.39 is 11.8 Å². The van der Waals surface area contributed by atoms with Gasteiger partial charge in [-0.1, -0.05) is 15.9 Å². The molecule has 80 valence electrons. The van der Waals surface area contributed by atoms with Crippen molar-refractivity contribution < 1.29 is 9.59 Å². The Balaban J connectivity index is 3.06. The van der Waals surface area contributed by atoms with Gasteiger partial charge in [-0.3, -0.25) is 9.59 Å². The lowest BCUT2D eigenvalue weighted by Gasteiger charge is -2.16. The number of hydrazine groups is 1. The molecule has 4 N–H and O–H groups in total. The summed E-state index contributed by atoms with van der Waals surface area (Å²) >= 11 is 6.45. The molecule has 2 amide bonds. The number of carbonyl (C=O) groups excluding carboxylic acids is 2. The molecule has 0 unspecified atom stereocenters. The van der Waals surface area contributed by atoms with Crippen molar-refractivity contribution in [2.75, 3.05) is 5.01 Å². The second-order valence-corrected chi connectivity index (χ2v) is 4.41. The first-order valence-corrected chi connectivity index (χ1v) is 5.35. The highest BCUT2D eigenvalue weighted by Gasteiger charge is 2.19. The van der Waals surface area contributed by atoms with E-state index >= 15 is 0 Å². The van der Waals surface area contributed by atoms with Gasteiger partial charge in [0, 0.05) is 8.95 Å². The molecular formula is C8H7Br2N3O2. The summed E-state index contributed by atoms with van der Waals surface area (Å²) in [4.78, 5) is 21.8. The van der Waals surface area contributed by atoms with Crippen LogP contribution in [-0.4, -0.2) is 11.8 Å². The zero-order valence-electron chi connectivity index (χ0n) is 7.41. The van der Waals surface area contributed by atoms with Crippen molar-refractivity contribution in [3.8, 4) is 0 Å². The lowest BCUT2D eigenvalue weighted by atomic mass is 10.3. The third-order valence-electron chi connectivity index (χ3n) is 1.60. The Morgan fingerprint density at radius 1 is 1.27 bits per heavy atom. The van der Waals surface area contributed by atoms with Crippen LogP contribution in [0.5, 0.6) is 0 Å². The quantitative estimate of drug-likeness (QED) is 0.345. The van der Waals surface area contributed by atoms with Crippen LogP contribution in [-0.2, 0) is 9.59 Å². The van der Waals surface area contributed by atoms with Gasteiger partial charge >= 0.3 is 11.8 Å². The molecule has 0 spiro atoms. The van der Waals surface area contributed by atoms with Gasteiger partial charge in [0.2, 0.25) is 0 Å². The van der Waals surface area contributed by atoms with Gasteiger partial charge in [0.15, 0.2) is 0 Å².